The minimum atomic E-state index is -0.728. The van der Waals surface area contributed by atoms with Crippen LogP contribution in [0.25, 0.3) is 5.76 Å². The molecular formula is C18H12N2O. The lowest BCUT2D eigenvalue weighted by molar-refractivity contribution is 0.479. The minimum absolute atomic E-state index is 0.278. The van der Waals surface area contributed by atoms with E-state index in [0.29, 0.717) is 11.5 Å². The third-order valence-electron chi connectivity index (χ3n) is 3.52. The first kappa shape index (κ1) is 13.0. The van der Waals surface area contributed by atoms with Gasteiger partial charge in [-0.25, -0.2) is 0 Å². The Balaban J connectivity index is 2.10. The summed E-state index contributed by atoms with van der Waals surface area (Å²) in [5, 5.41) is 18.4. The lowest BCUT2D eigenvalue weighted by atomic mass is 9.84. The van der Waals surface area contributed by atoms with Crippen molar-refractivity contribution in [1.29, 1.82) is 10.5 Å². The van der Waals surface area contributed by atoms with Crippen molar-refractivity contribution in [2.24, 2.45) is 5.92 Å². The fourth-order valence-corrected chi connectivity index (χ4v) is 2.48. The highest BCUT2D eigenvalue weighted by Crippen LogP contribution is 2.40. The van der Waals surface area contributed by atoms with Crippen molar-refractivity contribution in [3.05, 3.63) is 71.8 Å². The molecule has 0 saturated heterocycles. The summed E-state index contributed by atoms with van der Waals surface area (Å²) in [6, 6.07) is 21.4. The number of ether oxygens (including phenoxy) is 1. The maximum Gasteiger partial charge on any atom is 0.143 e. The van der Waals surface area contributed by atoms with Crippen molar-refractivity contribution in [2.45, 2.75) is 5.92 Å². The highest BCUT2D eigenvalue weighted by atomic mass is 16.5. The Labute approximate surface area is 123 Å². The SMILES string of the molecule is N#CC(C#N)C1C=C(c2ccccc2)Oc2ccccc21. The number of allylic oxidation sites excluding steroid dienone is 1. The van der Waals surface area contributed by atoms with Crippen LogP contribution in [-0.2, 0) is 0 Å². The Hall–Kier alpha value is -3.04. The Morgan fingerprint density at radius 2 is 1.57 bits per heavy atom. The maximum absolute atomic E-state index is 9.22. The molecule has 0 amide bonds. The zero-order valence-electron chi connectivity index (χ0n) is 11.2. The van der Waals surface area contributed by atoms with Crippen LogP contribution in [0.4, 0.5) is 0 Å². The molecule has 3 nitrogen and oxygen atoms in total. The average molecular weight is 272 g/mol. The second-order valence-electron chi connectivity index (χ2n) is 4.80. The van der Waals surface area contributed by atoms with Crippen LogP contribution in [0.2, 0.25) is 0 Å². The summed E-state index contributed by atoms with van der Waals surface area (Å²) in [6.07, 6.45) is 1.87. The molecule has 2 aromatic carbocycles. The van der Waals surface area contributed by atoms with Crippen molar-refractivity contribution < 1.29 is 4.74 Å². The third kappa shape index (κ3) is 2.38. The number of hydrogen-bond donors (Lipinski definition) is 0. The van der Waals surface area contributed by atoms with Gasteiger partial charge in [-0.05, 0) is 12.1 Å². The van der Waals surface area contributed by atoms with Gasteiger partial charge in [-0.2, -0.15) is 10.5 Å². The monoisotopic (exact) mass is 272 g/mol. The van der Waals surface area contributed by atoms with Gasteiger partial charge >= 0.3 is 0 Å². The van der Waals surface area contributed by atoms with E-state index in [1.165, 1.54) is 0 Å². The largest absolute Gasteiger partial charge is 0.457 e. The smallest absolute Gasteiger partial charge is 0.143 e. The predicted molar refractivity (Wildman–Crippen MR) is 78.9 cm³/mol. The number of nitriles is 2. The maximum atomic E-state index is 9.22. The first-order valence-corrected chi connectivity index (χ1v) is 6.66. The highest BCUT2D eigenvalue weighted by molar-refractivity contribution is 5.67. The molecule has 1 heterocycles. The van der Waals surface area contributed by atoms with E-state index in [1.54, 1.807) is 0 Å². The van der Waals surface area contributed by atoms with Gasteiger partial charge in [0.15, 0.2) is 0 Å². The van der Waals surface area contributed by atoms with Crippen LogP contribution in [0.5, 0.6) is 5.75 Å². The second kappa shape index (κ2) is 5.53. The summed E-state index contributed by atoms with van der Waals surface area (Å²) >= 11 is 0. The van der Waals surface area contributed by atoms with Gasteiger partial charge < -0.3 is 4.74 Å². The predicted octanol–water partition coefficient (Wildman–Crippen LogP) is 3.87. The topological polar surface area (TPSA) is 56.8 Å². The van der Waals surface area contributed by atoms with E-state index in [0.717, 1.165) is 11.1 Å². The molecular weight excluding hydrogens is 260 g/mol. The number of benzene rings is 2. The molecule has 2 aromatic rings. The van der Waals surface area contributed by atoms with Crippen LogP contribution < -0.4 is 4.74 Å². The third-order valence-corrected chi connectivity index (χ3v) is 3.52. The van der Waals surface area contributed by atoms with Crippen LogP contribution >= 0.6 is 0 Å². The Kier molecular flexibility index (Phi) is 3.41. The van der Waals surface area contributed by atoms with E-state index < -0.39 is 5.92 Å². The van der Waals surface area contributed by atoms with E-state index in [2.05, 4.69) is 12.1 Å². The normalized spacial score (nSPS) is 16.1. The van der Waals surface area contributed by atoms with Crippen LogP contribution in [0.1, 0.15) is 17.0 Å². The van der Waals surface area contributed by atoms with Crippen molar-refractivity contribution in [1.82, 2.24) is 0 Å². The Bertz CT molecular complexity index is 752. The molecule has 1 unspecified atom stereocenters. The Morgan fingerprint density at radius 3 is 2.29 bits per heavy atom. The standard InChI is InChI=1S/C18H12N2O/c19-11-14(12-20)16-10-18(13-6-2-1-3-7-13)21-17-9-5-4-8-15(16)17/h1-10,14,16H. The van der Waals surface area contributed by atoms with E-state index in [-0.39, 0.29) is 5.92 Å². The molecule has 3 rings (SSSR count). The molecule has 0 spiro atoms. The second-order valence-corrected chi connectivity index (χ2v) is 4.80. The lowest BCUT2D eigenvalue weighted by Gasteiger charge is -2.25. The molecule has 0 bridgehead atoms. The van der Waals surface area contributed by atoms with Crippen molar-refractivity contribution in [2.75, 3.05) is 0 Å². The van der Waals surface area contributed by atoms with Gasteiger partial charge in [0.25, 0.3) is 0 Å². The number of fused-ring (bicyclic) bond motifs is 1. The molecule has 0 saturated carbocycles. The van der Waals surface area contributed by atoms with Crippen LogP contribution in [0.15, 0.2) is 60.7 Å². The summed E-state index contributed by atoms with van der Waals surface area (Å²) in [5.41, 5.74) is 1.82. The lowest BCUT2D eigenvalue weighted by Crippen LogP contribution is -2.15. The molecule has 0 N–H and O–H groups in total. The van der Waals surface area contributed by atoms with E-state index in [9.17, 15) is 10.5 Å². The summed E-state index contributed by atoms with van der Waals surface area (Å²) in [6.45, 7) is 0. The number of rotatable bonds is 2. The van der Waals surface area contributed by atoms with Crippen molar-refractivity contribution >= 4 is 5.76 Å². The van der Waals surface area contributed by atoms with E-state index in [1.807, 2.05) is 60.7 Å². The zero-order chi connectivity index (χ0) is 14.7. The summed E-state index contributed by atoms with van der Waals surface area (Å²) in [4.78, 5) is 0. The molecule has 3 heteroatoms. The summed E-state index contributed by atoms with van der Waals surface area (Å²) in [5.74, 6) is 0.392. The average Bonchev–Trinajstić information content (AvgIpc) is 2.56. The van der Waals surface area contributed by atoms with Gasteiger partial charge in [0, 0.05) is 17.0 Å². The summed E-state index contributed by atoms with van der Waals surface area (Å²) in [7, 11) is 0. The van der Waals surface area contributed by atoms with E-state index >= 15 is 0 Å². The molecule has 21 heavy (non-hydrogen) atoms. The van der Waals surface area contributed by atoms with Gasteiger partial charge in [-0.3, -0.25) is 0 Å². The first-order chi connectivity index (χ1) is 10.3. The number of hydrogen-bond acceptors (Lipinski definition) is 3. The minimum Gasteiger partial charge on any atom is -0.457 e. The molecule has 0 fully saturated rings. The molecule has 1 aliphatic rings. The Morgan fingerprint density at radius 1 is 0.905 bits per heavy atom. The molecule has 100 valence electrons. The number of nitrogens with zero attached hydrogens (tertiary/aromatic N) is 2. The van der Waals surface area contributed by atoms with Gasteiger partial charge in [0.2, 0.25) is 0 Å². The van der Waals surface area contributed by atoms with Gasteiger partial charge in [-0.15, -0.1) is 0 Å². The molecule has 1 aliphatic heterocycles. The van der Waals surface area contributed by atoms with Crippen molar-refractivity contribution in [3.63, 3.8) is 0 Å². The van der Waals surface area contributed by atoms with Gasteiger partial charge in [-0.1, -0.05) is 48.5 Å². The van der Waals surface area contributed by atoms with Gasteiger partial charge in [0.05, 0.1) is 12.1 Å². The zero-order valence-corrected chi connectivity index (χ0v) is 11.2. The van der Waals surface area contributed by atoms with Crippen LogP contribution in [0, 0.1) is 28.6 Å². The fourth-order valence-electron chi connectivity index (χ4n) is 2.48. The van der Waals surface area contributed by atoms with Gasteiger partial charge in [0.1, 0.15) is 17.4 Å². The molecule has 0 radical (unpaired) electrons. The molecule has 1 atom stereocenters. The molecule has 0 aromatic heterocycles. The fraction of sp³-hybridized carbons (Fsp3) is 0.111. The quantitative estimate of drug-likeness (QED) is 0.833. The number of para-hydroxylation sites is 1. The van der Waals surface area contributed by atoms with Crippen LogP contribution in [-0.4, -0.2) is 0 Å². The first-order valence-electron chi connectivity index (χ1n) is 6.66. The highest BCUT2D eigenvalue weighted by Gasteiger charge is 2.29. The van der Waals surface area contributed by atoms with Crippen molar-refractivity contribution in [3.8, 4) is 17.9 Å². The molecule has 0 aliphatic carbocycles. The summed E-state index contributed by atoms with van der Waals surface area (Å²) < 4.78 is 5.93. The van der Waals surface area contributed by atoms with E-state index in [4.69, 9.17) is 4.74 Å². The van der Waals surface area contributed by atoms with Crippen LogP contribution in [0.3, 0.4) is 0 Å².